The minimum atomic E-state index is 0. The van der Waals surface area contributed by atoms with Crippen molar-refractivity contribution in [3.8, 4) is 34.1 Å². The van der Waals surface area contributed by atoms with Crippen molar-refractivity contribution in [1.29, 1.82) is 0 Å². The number of rotatable bonds is 5. The molecular formula is C81H55IrN8-3. The smallest absolute Gasteiger partial charge is 0.267 e. The molecule has 20 rings (SSSR count). The molecule has 12 aromatic carbocycles. The Morgan fingerprint density at radius 3 is 1.37 bits per heavy atom. The molecule has 1 radical (unpaired) electrons. The maximum atomic E-state index is 4.08. The van der Waals surface area contributed by atoms with Gasteiger partial charge in [-0.3, -0.25) is 19.3 Å². The zero-order valence-corrected chi connectivity index (χ0v) is 52.3. The third kappa shape index (κ3) is 8.12. The summed E-state index contributed by atoms with van der Waals surface area (Å²) in [6, 6.07) is 66.7. The normalized spacial score (nSPS) is 13.6. The first-order chi connectivity index (χ1) is 43.8. The summed E-state index contributed by atoms with van der Waals surface area (Å²) in [5.74, 6) is 0. The first kappa shape index (κ1) is 53.8. The average molecular weight is 1330 g/mol. The van der Waals surface area contributed by atoms with Crippen LogP contribution in [0, 0.1) is 52.5 Å². The molecule has 9 heteroatoms. The molecule has 0 amide bonds. The first-order valence-corrected chi connectivity index (χ1v) is 30.7. The van der Waals surface area contributed by atoms with Crippen molar-refractivity contribution < 1.29 is 29.2 Å². The van der Waals surface area contributed by atoms with E-state index in [1.54, 1.807) is 12.4 Å². The summed E-state index contributed by atoms with van der Waals surface area (Å²) in [4.78, 5) is 4.08. The Kier molecular flexibility index (Phi) is 12.5. The van der Waals surface area contributed by atoms with Gasteiger partial charge >= 0.3 is 0 Å². The van der Waals surface area contributed by atoms with Crippen LogP contribution in [0.15, 0.2) is 200 Å². The Morgan fingerprint density at radius 1 is 0.456 bits per heavy atom. The van der Waals surface area contributed by atoms with Gasteiger partial charge in [0.15, 0.2) is 0 Å². The number of hydrogen-bond donors (Lipinski definition) is 0. The second-order valence-corrected chi connectivity index (χ2v) is 24.1. The van der Waals surface area contributed by atoms with Crippen LogP contribution in [-0.4, -0.2) is 24.4 Å². The quantitative estimate of drug-likeness (QED) is 0.0978. The van der Waals surface area contributed by atoms with Gasteiger partial charge in [-0.15, -0.1) is 44.8 Å². The Labute approximate surface area is 533 Å². The third-order valence-electron chi connectivity index (χ3n) is 19.5. The van der Waals surface area contributed by atoms with Crippen LogP contribution in [0.5, 0.6) is 0 Å². The summed E-state index contributed by atoms with van der Waals surface area (Å²) in [5, 5.41) is 31.7. The second-order valence-electron chi connectivity index (χ2n) is 24.1. The van der Waals surface area contributed by atoms with Gasteiger partial charge < -0.3 is 19.3 Å². The second kappa shape index (κ2) is 20.8. The van der Waals surface area contributed by atoms with E-state index < -0.39 is 0 Å². The summed E-state index contributed by atoms with van der Waals surface area (Å²) >= 11 is 0. The molecule has 4 aromatic heterocycles. The fraction of sp³-hybridized carbons (Fsp3) is 0.0988. The third-order valence-corrected chi connectivity index (χ3v) is 19.5. The van der Waals surface area contributed by atoms with Crippen molar-refractivity contribution in [1.82, 2.24) is 29.5 Å². The molecule has 0 unspecified atom stereocenters. The van der Waals surface area contributed by atoms with Crippen molar-refractivity contribution in [2.45, 2.75) is 53.4 Å². The van der Waals surface area contributed by atoms with E-state index in [1.807, 2.05) is 18.2 Å². The largest absolute Gasteiger partial charge is 0.358 e. The predicted octanol–water partition coefficient (Wildman–Crippen LogP) is 17.2. The van der Waals surface area contributed by atoms with Gasteiger partial charge in [-0.25, -0.2) is 0 Å². The topological polar surface area (TPSA) is 70.4 Å². The maximum Gasteiger partial charge on any atom is 0.267 e. The van der Waals surface area contributed by atoms with Gasteiger partial charge in [0.05, 0.1) is 28.5 Å². The van der Waals surface area contributed by atoms with Crippen molar-refractivity contribution in [3.05, 3.63) is 281 Å². The zero-order valence-electron chi connectivity index (χ0n) is 49.9. The van der Waals surface area contributed by atoms with Gasteiger partial charge in [-0.05, 0) is 180 Å². The van der Waals surface area contributed by atoms with E-state index in [0.29, 0.717) is 5.69 Å². The Bertz CT molecular complexity index is 5420. The van der Waals surface area contributed by atoms with Crippen molar-refractivity contribution in [2.75, 3.05) is 0 Å². The molecule has 0 bridgehead atoms. The average Bonchev–Trinajstić information content (AvgIpc) is 1.32. The van der Waals surface area contributed by atoms with Gasteiger partial charge in [-0.2, -0.15) is 24.3 Å². The van der Waals surface area contributed by atoms with Gasteiger partial charge in [0, 0.05) is 37.7 Å². The number of nitrogens with zero attached hydrogens (tertiary/aromatic N) is 8. The standard InChI is InChI=1S/2C37H25N2.C7H5N4.Ir/c2*1-22-23(2)39(33-20-16-29-12-10-25-6-4-8-27-14-18-31(33)37(29)35(25)27)21-38(22)32-19-15-28-11-9-24-5-3-7-26-13-17-30(32)36(28)34(24)26;1-2-4-8-6(3-1)7-5-9-11-10-7;/h2*3-5,7-11,13-19H,6,12H2,1-2H3;1-5H;/q3*-1;. The Morgan fingerprint density at radius 2 is 0.911 bits per heavy atom. The molecule has 0 atom stereocenters. The zero-order chi connectivity index (χ0) is 59.2. The minimum Gasteiger partial charge on any atom is -0.358 e. The number of pyridine rings is 1. The van der Waals surface area contributed by atoms with Crippen LogP contribution in [-0.2, 0) is 32.9 Å². The molecule has 90 heavy (non-hydrogen) atoms. The predicted molar refractivity (Wildman–Crippen MR) is 361 cm³/mol. The molecule has 0 aliphatic heterocycles. The van der Waals surface area contributed by atoms with E-state index in [4.69, 9.17) is 0 Å². The van der Waals surface area contributed by atoms with Crippen LogP contribution in [0.25, 0.3) is 144 Å². The van der Waals surface area contributed by atoms with Crippen molar-refractivity contribution in [2.24, 2.45) is 0 Å². The van der Waals surface area contributed by atoms with Crippen LogP contribution < -0.4 is 14.2 Å². The molecule has 4 aliphatic carbocycles. The van der Waals surface area contributed by atoms with Crippen LogP contribution in [0.1, 0.15) is 69.0 Å². The molecular weight excluding hydrogens is 1280 g/mol. The van der Waals surface area contributed by atoms with Gasteiger partial charge in [0.2, 0.25) is 0 Å². The number of hydrogen-bond acceptors (Lipinski definition) is 3. The number of benzene rings is 12. The molecule has 4 heterocycles. The fourth-order valence-electron chi connectivity index (χ4n) is 14.9. The fourth-order valence-corrected chi connectivity index (χ4v) is 14.9. The molecule has 431 valence electrons. The number of imidazole rings is 2. The molecule has 8 nitrogen and oxygen atoms in total. The van der Waals surface area contributed by atoms with E-state index in [9.17, 15) is 0 Å². The summed E-state index contributed by atoms with van der Waals surface area (Å²) in [5.41, 5.74) is 21.8. The molecule has 0 fully saturated rings. The SMILES string of the molecule is Cc1c(C)[n+](-c2ccc3ccc4cccc5ccc2c3c45)[c-]n1-c1[c-]cc2c3c4c(ccc13)C=CCC4=CC2.Cc1c(C)[n+](-c2ccc3ccc4cccc5ccc2c3c45)[c-]n1-c1[c-]cc2c3c4c(ccc13)C=CCC4=CC2.[Ir].c1ccc(-c2cnn[n-]2)nc1. The summed E-state index contributed by atoms with van der Waals surface area (Å²) in [7, 11) is 0. The van der Waals surface area contributed by atoms with Gasteiger partial charge in [-0.1, -0.05) is 171 Å². The summed E-state index contributed by atoms with van der Waals surface area (Å²) < 4.78 is 8.92. The summed E-state index contributed by atoms with van der Waals surface area (Å²) in [6.07, 6.45) is 28.7. The van der Waals surface area contributed by atoms with E-state index in [1.165, 1.54) is 153 Å². The van der Waals surface area contributed by atoms with Gasteiger partial charge in [0.1, 0.15) is 0 Å². The van der Waals surface area contributed by atoms with Gasteiger partial charge in [0.25, 0.3) is 12.7 Å². The first-order valence-electron chi connectivity index (χ1n) is 30.7. The van der Waals surface area contributed by atoms with Crippen LogP contribution in [0.4, 0.5) is 0 Å². The maximum absolute atomic E-state index is 4.08. The Hall–Kier alpha value is -10.4. The van der Waals surface area contributed by atoms with E-state index in [2.05, 4.69) is 273 Å². The van der Waals surface area contributed by atoms with E-state index in [-0.39, 0.29) is 20.1 Å². The molecule has 0 spiro atoms. The molecule has 0 saturated heterocycles. The van der Waals surface area contributed by atoms with Crippen LogP contribution in [0.3, 0.4) is 0 Å². The molecule has 0 N–H and O–H groups in total. The monoisotopic (exact) mass is 1330 g/mol. The Balaban J connectivity index is 0.000000117. The van der Waals surface area contributed by atoms with Crippen molar-refractivity contribution in [3.63, 3.8) is 0 Å². The van der Waals surface area contributed by atoms with Crippen LogP contribution >= 0.6 is 0 Å². The van der Waals surface area contributed by atoms with E-state index in [0.717, 1.165) is 54.1 Å². The minimum absolute atomic E-state index is 0. The number of aromatic nitrogens is 8. The molecule has 4 aliphatic rings. The van der Waals surface area contributed by atoms with Crippen LogP contribution in [0.2, 0.25) is 0 Å². The summed E-state index contributed by atoms with van der Waals surface area (Å²) in [6.45, 7) is 8.80. The number of allylic oxidation sites excluding steroid dienone is 6. The van der Waals surface area contributed by atoms with E-state index >= 15 is 0 Å². The molecule has 0 saturated carbocycles. The van der Waals surface area contributed by atoms with Crippen molar-refractivity contribution >= 4 is 109 Å². The molecule has 16 aromatic rings.